The molecule has 1 amide bonds. The third kappa shape index (κ3) is 7.91. The second-order valence-electron chi connectivity index (χ2n) is 7.97. The summed E-state index contributed by atoms with van der Waals surface area (Å²) in [6, 6.07) is 24.1. The molecule has 8 heteroatoms. The highest BCUT2D eigenvalue weighted by molar-refractivity contribution is 7.89. The third-order valence-corrected chi connectivity index (χ3v) is 6.60. The summed E-state index contributed by atoms with van der Waals surface area (Å²) in [5.74, 6) is -1.12. The number of nitrogens with one attached hydrogen (secondary N) is 2. The van der Waals surface area contributed by atoms with Crippen molar-refractivity contribution in [3.8, 4) is 0 Å². The summed E-state index contributed by atoms with van der Waals surface area (Å²) in [5.41, 5.74) is 2.41. The molecule has 0 bridgehead atoms. The average Bonchev–Trinajstić information content (AvgIpc) is 2.84. The van der Waals surface area contributed by atoms with Crippen molar-refractivity contribution >= 4 is 28.0 Å². The Morgan fingerprint density at radius 2 is 1.51 bits per heavy atom. The van der Waals surface area contributed by atoms with Gasteiger partial charge in [-0.25, -0.2) is 17.9 Å². The molecule has 0 saturated carbocycles. The summed E-state index contributed by atoms with van der Waals surface area (Å²) < 4.78 is 34.1. The molecule has 3 aromatic carbocycles. The number of ether oxygens (including phenoxy) is 1. The summed E-state index contributed by atoms with van der Waals surface area (Å²) in [6.45, 7) is 3.12. The number of aryl methyl sites for hydroxylation is 1. The Morgan fingerprint density at radius 1 is 0.914 bits per heavy atom. The largest absolute Gasteiger partial charge is 0.461 e. The molecular weight excluding hydrogens is 464 g/mol. The molecule has 182 valence electrons. The van der Waals surface area contributed by atoms with E-state index in [0.29, 0.717) is 0 Å². The highest BCUT2D eigenvalue weighted by Crippen LogP contribution is 2.21. The van der Waals surface area contributed by atoms with Crippen LogP contribution in [0.1, 0.15) is 36.1 Å². The molecule has 0 aliphatic heterocycles. The van der Waals surface area contributed by atoms with Gasteiger partial charge in [-0.3, -0.25) is 4.79 Å². The van der Waals surface area contributed by atoms with Crippen molar-refractivity contribution in [2.24, 2.45) is 0 Å². The van der Waals surface area contributed by atoms with Crippen LogP contribution in [0.25, 0.3) is 6.08 Å². The second kappa shape index (κ2) is 12.1. The van der Waals surface area contributed by atoms with Crippen LogP contribution in [0.4, 0.5) is 0 Å². The Labute approximate surface area is 205 Å². The van der Waals surface area contributed by atoms with E-state index in [0.717, 1.165) is 16.7 Å². The second-order valence-corrected chi connectivity index (χ2v) is 9.69. The summed E-state index contributed by atoms with van der Waals surface area (Å²) in [7, 11) is -3.81. The Balaban J connectivity index is 1.73. The zero-order chi connectivity index (χ0) is 25.3. The molecule has 0 radical (unpaired) electrons. The molecule has 1 atom stereocenters. The number of amides is 1. The average molecular weight is 493 g/mol. The molecule has 0 spiro atoms. The van der Waals surface area contributed by atoms with Crippen LogP contribution in [-0.2, 0) is 24.3 Å². The fourth-order valence-corrected chi connectivity index (χ4v) is 4.61. The Kier molecular flexibility index (Phi) is 8.94. The lowest BCUT2D eigenvalue weighted by Gasteiger charge is -2.20. The molecule has 0 heterocycles. The number of hydrogen-bond donors (Lipinski definition) is 2. The van der Waals surface area contributed by atoms with Crippen LogP contribution >= 0.6 is 0 Å². The van der Waals surface area contributed by atoms with Gasteiger partial charge in [-0.2, -0.15) is 0 Å². The molecule has 7 nitrogen and oxygen atoms in total. The van der Waals surface area contributed by atoms with Gasteiger partial charge in [0, 0.05) is 13.3 Å². The van der Waals surface area contributed by atoms with Crippen LogP contribution in [0.3, 0.4) is 0 Å². The third-order valence-electron chi connectivity index (χ3n) is 5.11. The number of carbonyl (C=O) groups is 2. The molecule has 0 fully saturated rings. The minimum atomic E-state index is -3.81. The minimum Gasteiger partial charge on any atom is -0.461 e. The van der Waals surface area contributed by atoms with Crippen LogP contribution in [0.5, 0.6) is 0 Å². The number of sulfonamides is 1. The first-order valence-electron chi connectivity index (χ1n) is 11.1. The van der Waals surface area contributed by atoms with E-state index in [1.54, 1.807) is 36.4 Å². The lowest BCUT2D eigenvalue weighted by atomic mass is 10.1. The maximum absolute atomic E-state index is 13.0. The van der Waals surface area contributed by atoms with E-state index in [1.807, 2.05) is 55.5 Å². The van der Waals surface area contributed by atoms with Gasteiger partial charge in [0.05, 0.1) is 17.5 Å². The molecule has 3 rings (SSSR count). The monoisotopic (exact) mass is 492 g/mol. The standard InChI is InChI=1S/C27H28N2O5S/c1-20-13-15-24(16-14-20)35(32,33)29-25(23-11-7-4-8-12-23)17-18-34-27(31)26(28-21(2)30)19-22-9-5-3-6-10-22/h3-16,19,25,29H,17-18H2,1-2H3,(H,28,30). The highest BCUT2D eigenvalue weighted by atomic mass is 32.2. The first-order valence-corrected chi connectivity index (χ1v) is 12.6. The van der Waals surface area contributed by atoms with Gasteiger partial charge in [0.2, 0.25) is 15.9 Å². The number of esters is 1. The van der Waals surface area contributed by atoms with E-state index in [2.05, 4.69) is 10.0 Å². The predicted molar refractivity (Wildman–Crippen MR) is 134 cm³/mol. The predicted octanol–water partition coefficient (Wildman–Crippen LogP) is 4.13. The summed E-state index contributed by atoms with van der Waals surface area (Å²) >= 11 is 0. The first-order chi connectivity index (χ1) is 16.7. The van der Waals surface area contributed by atoms with Crippen molar-refractivity contribution in [2.75, 3.05) is 6.61 Å². The van der Waals surface area contributed by atoms with E-state index < -0.39 is 27.9 Å². The van der Waals surface area contributed by atoms with Gasteiger partial charge in [-0.1, -0.05) is 78.4 Å². The van der Waals surface area contributed by atoms with Gasteiger partial charge in [0.15, 0.2) is 0 Å². The van der Waals surface area contributed by atoms with Crippen LogP contribution < -0.4 is 10.0 Å². The van der Waals surface area contributed by atoms with Gasteiger partial charge < -0.3 is 10.1 Å². The number of carbonyl (C=O) groups excluding carboxylic acids is 2. The van der Waals surface area contributed by atoms with Gasteiger partial charge >= 0.3 is 5.97 Å². The first kappa shape index (κ1) is 25.9. The van der Waals surface area contributed by atoms with E-state index >= 15 is 0 Å². The van der Waals surface area contributed by atoms with Crippen LogP contribution in [-0.4, -0.2) is 26.9 Å². The molecule has 0 saturated heterocycles. The lowest BCUT2D eigenvalue weighted by molar-refractivity contribution is -0.140. The molecule has 0 aromatic heterocycles. The number of benzene rings is 3. The normalized spacial score (nSPS) is 12.6. The molecule has 0 aliphatic carbocycles. The van der Waals surface area contributed by atoms with Crippen LogP contribution in [0, 0.1) is 6.92 Å². The molecule has 0 aliphatic rings. The molecule has 3 aromatic rings. The summed E-state index contributed by atoms with van der Waals surface area (Å²) in [6.07, 6.45) is 1.72. The van der Waals surface area contributed by atoms with E-state index in [1.165, 1.54) is 13.0 Å². The Bertz CT molecular complexity index is 1270. The summed E-state index contributed by atoms with van der Waals surface area (Å²) in [5, 5.41) is 2.50. The Morgan fingerprint density at radius 3 is 2.11 bits per heavy atom. The minimum absolute atomic E-state index is 0.000183. The van der Waals surface area contributed by atoms with E-state index in [4.69, 9.17) is 4.74 Å². The SMILES string of the molecule is CC(=O)NC(=Cc1ccccc1)C(=O)OCCC(NS(=O)(=O)c1ccc(C)cc1)c1ccccc1. The molecule has 1 unspecified atom stereocenters. The zero-order valence-corrected chi connectivity index (χ0v) is 20.4. The van der Waals surface area contributed by atoms with Crippen LogP contribution in [0.2, 0.25) is 0 Å². The van der Waals surface area contributed by atoms with Crippen LogP contribution in [0.15, 0.2) is 95.5 Å². The van der Waals surface area contributed by atoms with Crippen molar-refractivity contribution in [3.63, 3.8) is 0 Å². The maximum Gasteiger partial charge on any atom is 0.354 e. The molecule has 35 heavy (non-hydrogen) atoms. The van der Waals surface area contributed by atoms with Gasteiger partial charge in [0.1, 0.15) is 5.70 Å². The molecule has 2 N–H and O–H groups in total. The van der Waals surface area contributed by atoms with Crippen molar-refractivity contribution in [3.05, 3.63) is 107 Å². The fourth-order valence-electron chi connectivity index (χ4n) is 3.35. The van der Waals surface area contributed by atoms with E-state index in [9.17, 15) is 18.0 Å². The fraction of sp³-hybridized carbons (Fsp3) is 0.185. The van der Waals surface area contributed by atoms with Crippen molar-refractivity contribution < 1.29 is 22.7 Å². The number of rotatable bonds is 10. The van der Waals surface area contributed by atoms with Gasteiger partial charge in [0.25, 0.3) is 0 Å². The number of hydrogen-bond acceptors (Lipinski definition) is 5. The van der Waals surface area contributed by atoms with Gasteiger partial charge in [-0.15, -0.1) is 0 Å². The van der Waals surface area contributed by atoms with Crippen molar-refractivity contribution in [2.45, 2.75) is 31.2 Å². The molecular formula is C27H28N2O5S. The van der Waals surface area contributed by atoms with Crippen molar-refractivity contribution in [1.29, 1.82) is 0 Å². The lowest BCUT2D eigenvalue weighted by Crippen LogP contribution is -2.30. The quantitative estimate of drug-likeness (QED) is 0.327. The van der Waals surface area contributed by atoms with E-state index in [-0.39, 0.29) is 23.6 Å². The summed E-state index contributed by atoms with van der Waals surface area (Å²) in [4.78, 5) is 24.4. The van der Waals surface area contributed by atoms with Crippen molar-refractivity contribution in [1.82, 2.24) is 10.0 Å². The highest BCUT2D eigenvalue weighted by Gasteiger charge is 2.22. The topological polar surface area (TPSA) is 102 Å². The Hall–Kier alpha value is -3.75. The zero-order valence-electron chi connectivity index (χ0n) is 19.6. The maximum atomic E-state index is 13.0. The smallest absolute Gasteiger partial charge is 0.354 e. The van der Waals surface area contributed by atoms with Gasteiger partial charge in [-0.05, 0) is 36.3 Å².